The van der Waals surface area contributed by atoms with E-state index in [-0.39, 0.29) is 18.4 Å². The predicted octanol–water partition coefficient (Wildman–Crippen LogP) is 0.640. The summed E-state index contributed by atoms with van der Waals surface area (Å²) >= 11 is 0. The Morgan fingerprint density at radius 2 is 2.09 bits per heavy atom. The summed E-state index contributed by atoms with van der Waals surface area (Å²) < 4.78 is 4.84. The van der Waals surface area contributed by atoms with Crippen LogP contribution in [0.3, 0.4) is 0 Å². The van der Waals surface area contributed by atoms with Gasteiger partial charge in [0.2, 0.25) is 5.91 Å². The molecule has 0 unspecified atom stereocenters. The molecule has 1 aliphatic carbocycles. The van der Waals surface area contributed by atoms with Crippen LogP contribution in [-0.4, -0.2) is 55.1 Å². The van der Waals surface area contributed by atoms with Crippen LogP contribution in [0.5, 0.6) is 0 Å². The highest BCUT2D eigenvalue weighted by Gasteiger charge is 2.52. The molecular weight excluding hydrogens is 286 g/mol. The molecule has 1 spiro atoms. The average Bonchev–Trinajstić information content (AvgIpc) is 2.73. The van der Waals surface area contributed by atoms with E-state index in [1.807, 2.05) is 0 Å². The number of nitrogens with zero attached hydrogens (tertiary/aromatic N) is 1. The summed E-state index contributed by atoms with van der Waals surface area (Å²) in [7, 11) is 1.54. The van der Waals surface area contributed by atoms with Crippen LogP contribution >= 0.6 is 0 Å². The molecule has 0 atom stereocenters. The molecule has 1 saturated carbocycles. The Balaban J connectivity index is 1.93. The molecular formula is C15H25N3O4. The lowest BCUT2D eigenvalue weighted by Crippen LogP contribution is -2.50. The van der Waals surface area contributed by atoms with Crippen LogP contribution in [-0.2, 0) is 14.3 Å². The molecule has 7 heteroatoms. The highest BCUT2D eigenvalue weighted by molar-refractivity contribution is 6.09. The van der Waals surface area contributed by atoms with Crippen molar-refractivity contribution in [3.8, 4) is 0 Å². The molecule has 1 saturated heterocycles. The topological polar surface area (TPSA) is 87.7 Å². The first-order chi connectivity index (χ1) is 10.5. The van der Waals surface area contributed by atoms with Gasteiger partial charge in [-0.2, -0.15) is 0 Å². The third-order valence-corrected chi connectivity index (χ3v) is 4.71. The zero-order chi connectivity index (χ0) is 16.2. The number of methoxy groups -OCH3 is 1. The summed E-state index contributed by atoms with van der Waals surface area (Å²) in [6.45, 7) is 2.68. The molecule has 0 aromatic rings. The van der Waals surface area contributed by atoms with Crippen LogP contribution in [0, 0.1) is 5.92 Å². The number of rotatable bonds is 6. The summed E-state index contributed by atoms with van der Waals surface area (Å²) in [5, 5.41) is 5.44. The molecule has 2 aliphatic rings. The second-order valence-corrected chi connectivity index (χ2v) is 6.10. The van der Waals surface area contributed by atoms with Gasteiger partial charge >= 0.3 is 6.03 Å². The lowest BCUT2D eigenvalue weighted by atomic mass is 9.75. The van der Waals surface area contributed by atoms with E-state index in [4.69, 9.17) is 4.74 Å². The number of hydrogen-bond acceptors (Lipinski definition) is 4. The van der Waals surface area contributed by atoms with Crippen molar-refractivity contribution < 1.29 is 19.1 Å². The third kappa shape index (κ3) is 3.40. The Bertz CT molecular complexity index is 444. The van der Waals surface area contributed by atoms with Crippen LogP contribution in [0.2, 0.25) is 0 Å². The number of hydrogen-bond donors (Lipinski definition) is 2. The summed E-state index contributed by atoms with van der Waals surface area (Å²) in [4.78, 5) is 37.5. The zero-order valence-electron chi connectivity index (χ0n) is 13.3. The van der Waals surface area contributed by atoms with E-state index in [2.05, 4.69) is 17.6 Å². The lowest BCUT2D eigenvalue weighted by molar-refractivity contribution is -0.136. The first kappa shape index (κ1) is 16.7. The van der Waals surface area contributed by atoms with Gasteiger partial charge in [-0.15, -0.1) is 0 Å². The molecule has 2 N–H and O–H groups in total. The molecule has 2 rings (SSSR count). The Hall–Kier alpha value is -1.63. The number of imide groups is 1. The number of carbonyl (C=O) groups excluding carboxylic acids is 3. The van der Waals surface area contributed by atoms with Gasteiger partial charge in [-0.25, -0.2) is 4.79 Å². The minimum atomic E-state index is -0.782. The van der Waals surface area contributed by atoms with Crippen LogP contribution in [0.25, 0.3) is 0 Å². The van der Waals surface area contributed by atoms with Gasteiger partial charge in [0.05, 0.1) is 6.61 Å². The Labute approximate surface area is 130 Å². The van der Waals surface area contributed by atoms with Crippen LogP contribution in [0.1, 0.15) is 39.0 Å². The van der Waals surface area contributed by atoms with E-state index < -0.39 is 11.6 Å². The highest BCUT2D eigenvalue weighted by Crippen LogP contribution is 2.37. The van der Waals surface area contributed by atoms with Crippen molar-refractivity contribution in [3.05, 3.63) is 0 Å². The summed E-state index contributed by atoms with van der Waals surface area (Å²) in [5.41, 5.74) is -0.782. The van der Waals surface area contributed by atoms with Crippen LogP contribution < -0.4 is 10.6 Å². The maximum Gasteiger partial charge on any atom is 0.325 e. The standard InChI is InChI=1S/C15H25N3O4/c1-3-11-4-6-15(7-5-11)13(20)18(14(21)17-15)10-12(19)16-8-9-22-2/h11H,3-10H2,1-2H3,(H,16,19)(H,17,21). The number of nitrogens with one attached hydrogen (secondary N) is 2. The number of ether oxygens (including phenoxy) is 1. The third-order valence-electron chi connectivity index (χ3n) is 4.71. The van der Waals surface area contributed by atoms with Crippen molar-refractivity contribution in [1.82, 2.24) is 15.5 Å². The molecule has 0 radical (unpaired) electrons. The molecule has 1 aliphatic heterocycles. The van der Waals surface area contributed by atoms with Crippen molar-refractivity contribution in [2.75, 3.05) is 26.8 Å². The summed E-state index contributed by atoms with van der Waals surface area (Å²) in [6.07, 6.45) is 4.31. The van der Waals surface area contributed by atoms with Gasteiger partial charge in [0.15, 0.2) is 0 Å². The van der Waals surface area contributed by atoms with E-state index >= 15 is 0 Å². The normalized spacial score (nSPS) is 28.1. The van der Waals surface area contributed by atoms with E-state index in [1.165, 1.54) is 0 Å². The van der Waals surface area contributed by atoms with Gasteiger partial charge in [-0.1, -0.05) is 13.3 Å². The van der Waals surface area contributed by atoms with E-state index in [1.54, 1.807) is 7.11 Å². The van der Waals surface area contributed by atoms with Crippen molar-refractivity contribution in [1.29, 1.82) is 0 Å². The van der Waals surface area contributed by atoms with Gasteiger partial charge in [-0.3, -0.25) is 14.5 Å². The molecule has 0 aromatic carbocycles. The molecule has 7 nitrogen and oxygen atoms in total. The fourth-order valence-electron chi connectivity index (χ4n) is 3.23. The van der Waals surface area contributed by atoms with Gasteiger partial charge in [-0.05, 0) is 31.6 Å². The van der Waals surface area contributed by atoms with E-state index in [0.717, 1.165) is 24.2 Å². The van der Waals surface area contributed by atoms with Crippen molar-refractivity contribution in [2.24, 2.45) is 5.92 Å². The molecule has 2 fully saturated rings. The van der Waals surface area contributed by atoms with Gasteiger partial charge < -0.3 is 15.4 Å². The first-order valence-corrected chi connectivity index (χ1v) is 7.92. The SMILES string of the molecule is CCC1CCC2(CC1)NC(=O)N(CC(=O)NCCOC)C2=O. The fourth-order valence-corrected chi connectivity index (χ4v) is 3.23. The first-order valence-electron chi connectivity index (χ1n) is 7.92. The van der Waals surface area contributed by atoms with Crippen molar-refractivity contribution in [2.45, 2.75) is 44.6 Å². The number of carbonyl (C=O) groups is 3. The number of amides is 4. The maximum absolute atomic E-state index is 12.6. The Morgan fingerprint density at radius 1 is 1.41 bits per heavy atom. The number of urea groups is 1. The Morgan fingerprint density at radius 3 is 2.68 bits per heavy atom. The predicted molar refractivity (Wildman–Crippen MR) is 80.1 cm³/mol. The fraction of sp³-hybridized carbons (Fsp3) is 0.800. The largest absolute Gasteiger partial charge is 0.383 e. The molecule has 0 bridgehead atoms. The second-order valence-electron chi connectivity index (χ2n) is 6.10. The zero-order valence-corrected chi connectivity index (χ0v) is 13.3. The van der Waals surface area contributed by atoms with Crippen LogP contribution in [0.15, 0.2) is 0 Å². The van der Waals surface area contributed by atoms with Gasteiger partial charge in [0.25, 0.3) is 5.91 Å². The molecule has 22 heavy (non-hydrogen) atoms. The summed E-state index contributed by atoms with van der Waals surface area (Å²) in [5.74, 6) is 0.0236. The minimum Gasteiger partial charge on any atom is -0.383 e. The lowest BCUT2D eigenvalue weighted by Gasteiger charge is -2.34. The van der Waals surface area contributed by atoms with Gasteiger partial charge in [0, 0.05) is 13.7 Å². The maximum atomic E-state index is 12.6. The molecule has 1 heterocycles. The van der Waals surface area contributed by atoms with Gasteiger partial charge in [0.1, 0.15) is 12.1 Å². The quantitative estimate of drug-likeness (QED) is 0.556. The van der Waals surface area contributed by atoms with Crippen molar-refractivity contribution >= 4 is 17.8 Å². The van der Waals surface area contributed by atoms with E-state index in [9.17, 15) is 14.4 Å². The Kier molecular flexibility index (Phi) is 5.39. The second kappa shape index (κ2) is 7.09. The molecule has 0 aromatic heterocycles. The monoisotopic (exact) mass is 311 g/mol. The molecule has 4 amide bonds. The van der Waals surface area contributed by atoms with E-state index in [0.29, 0.717) is 31.9 Å². The van der Waals surface area contributed by atoms with Crippen LogP contribution in [0.4, 0.5) is 4.79 Å². The summed E-state index contributed by atoms with van der Waals surface area (Å²) in [6, 6.07) is -0.457. The minimum absolute atomic E-state index is 0.229. The smallest absolute Gasteiger partial charge is 0.325 e. The highest BCUT2D eigenvalue weighted by atomic mass is 16.5. The average molecular weight is 311 g/mol. The molecule has 124 valence electrons. The van der Waals surface area contributed by atoms with Crippen molar-refractivity contribution in [3.63, 3.8) is 0 Å².